The van der Waals surface area contributed by atoms with E-state index in [0.29, 0.717) is 5.56 Å². The predicted octanol–water partition coefficient (Wildman–Crippen LogP) is 1.38. The number of nitrogens with one attached hydrogen (secondary N) is 1. The molecule has 0 saturated heterocycles. The lowest BCUT2D eigenvalue weighted by Gasteiger charge is -2.09. The summed E-state index contributed by atoms with van der Waals surface area (Å²) in [5.74, 6) is -0.617. The van der Waals surface area contributed by atoms with E-state index in [2.05, 4.69) is 25.8 Å². The number of nitrogen functional groups attached to an aromatic ring is 1. The minimum absolute atomic E-state index is 0.0356. The van der Waals surface area contributed by atoms with E-state index in [9.17, 15) is 12.8 Å². The third-order valence-corrected chi connectivity index (χ3v) is 4.63. The molecule has 0 spiro atoms. The average Bonchev–Trinajstić information content (AvgIpc) is 2.77. The quantitative estimate of drug-likeness (QED) is 0.804. The highest BCUT2D eigenvalue weighted by molar-refractivity contribution is 9.10. The van der Waals surface area contributed by atoms with Crippen LogP contribution in [0.5, 0.6) is 0 Å². The van der Waals surface area contributed by atoms with Crippen LogP contribution in [0.1, 0.15) is 5.56 Å². The number of nitrogens with two attached hydrogens (primary N) is 1. The largest absolute Gasteiger partial charge is 0.398 e. The first kappa shape index (κ1) is 14.9. The van der Waals surface area contributed by atoms with Crippen LogP contribution in [0.3, 0.4) is 0 Å². The Morgan fingerprint density at radius 1 is 1.50 bits per heavy atom. The molecule has 0 aliphatic heterocycles. The summed E-state index contributed by atoms with van der Waals surface area (Å²) in [5, 5.41) is 3.93. The Kier molecular flexibility index (Phi) is 4.11. The van der Waals surface area contributed by atoms with Gasteiger partial charge in [-0.2, -0.15) is 5.10 Å². The second kappa shape index (κ2) is 5.51. The molecule has 1 aromatic heterocycles. The lowest BCUT2D eigenvalue weighted by atomic mass is 10.3. The maximum absolute atomic E-state index is 13.2. The molecule has 2 rings (SSSR count). The summed E-state index contributed by atoms with van der Waals surface area (Å²) in [4.78, 5) is -0.172. The summed E-state index contributed by atoms with van der Waals surface area (Å²) >= 11 is 2.94. The van der Waals surface area contributed by atoms with Gasteiger partial charge in [0.25, 0.3) is 0 Å². The molecule has 0 aliphatic carbocycles. The van der Waals surface area contributed by atoms with Crippen LogP contribution in [-0.4, -0.2) is 18.2 Å². The second-order valence-corrected chi connectivity index (χ2v) is 6.74. The number of benzene rings is 1. The van der Waals surface area contributed by atoms with Gasteiger partial charge in [0.1, 0.15) is 10.7 Å². The van der Waals surface area contributed by atoms with Crippen molar-refractivity contribution in [1.82, 2.24) is 14.5 Å². The van der Waals surface area contributed by atoms with Gasteiger partial charge in [0.2, 0.25) is 10.0 Å². The highest BCUT2D eigenvalue weighted by Gasteiger charge is 2.19. The van der Waals surface area contributed by atoms with Gasteiger partial charge in [0.05, 0.1) is 16.4 Å². The highest BCUT2D eigenvalue weighted by atomic mass is 79.9. The third-order valence-electron chi connectivity index (χ3n) is 2.57. The van der Waals surface area contributed by atoms with Gasteiger partial charge in [-0.1, -0.05) is 0 Å². The summed E-state index contributed by atoms with van der Waals surface area (Å²) < 4.78 is 41.5. The van der Waals surface area contributed by atoms with E-state index in [0.717, 1.165) is 12.1 Å². The van der Waals surface area contributed by atoms with Gasteiger partial charge in [0, 0.05) is 25.4 Å². The Morgan fingerprint density at radius 2 is 2.20 bits per heavy atom. The Morgan fingerprint density at radius 3 is 2.80 bits per heavy atom. The molecule has 0 bridgehead atoms. The van der Waals surface area contributed by atoms with Gasteiger partial charge in [0.15, 0.2) is 0 Å². The van der Waals surface area contributed by atoms with Gasteiger partial charge in [-0.15, -0.1) is 0 Å². The maximum atomic E-state index is 13.2. The molecule has 0 amide bonds. The normalized spacial score (nSPS) is 11.8. The average molecular weight is 363 g/mol. The number of aryl methyl sites for hydroxylation is 1. The molecule has 2 aromatic rings. The van der Waals surface area contributed by atoms with Crippen LogP contribution >= 0.6 is 15.9 Å². The molecule has 3 N–H and O–H groups in total. The standard InChI is InChI=1S/C11H12BrFN4O2S/c1-17-6-7(4-15-17)5-16-20(18,19)11-2-8(12)9(13)3-10(11)14/h2-4,6,16H,5,14H2,1H3. The zero-order valence-corrected chi connectivity index (χ0v) is 12.9. The third kappa shape index (κ3) is 3.17. The van der Waals surface area contributed by atoms with Crippen molar-refractivity contribution in [2.24, 2.45) is 7.05 Å². The monoisotopic (exact) mass is 362 g/mol. The Labute approximate surface area is 124 Å². The van der Waals surface area contributed by atoms with Crippen molar-refractivity contribution in [2.45, 2.75) is 11.4 Å². The first-order valence-electron chi connectivity index (χ1n) is 5.51. The van der Waals surface area contributed by atoms with Gasteiger partial charge in [-0.05, 0) is 28.1 Å². The highest BCUT2D eigenvalue weighted by Crippen LogP contribution is 2.26. The summed E-state index contributed by atoms with van der Waals surface area (Å²) in [7, 11) is -2.10. The molecule has 0 fully saturated rings. The van der Waals surface area contributed by atoms with E-state index >= 15 is 0 Å². The molecule has 6 nitrogen and oxygen atoms in total. The van der Waals surface area contributed by atoms with Crippen molar-refractivity contribution < 1.29 is 12.8 Å². The smallest absolute Gasteiger partial charge is 0.242 e. The molecule has 0 aliphatic rings. The first-order chi connectivity index (χ1) is 9.29. The van der Waals surface area contributed by atoms with Crippen molar-refractivity contribution in [1.29, 1.82) is 0 Å². The molecule has 0 radical (unpaired) electrons. The molecular formula is C11H12BrFN4O2S. The molecule has 1 heterocycles. The van der Waals surface area contributed by atoms with E-state index in [1.54, 1.807) is 24.1 Å². The minimum atomic E-state index is -3.83. The lowest BCUT2D eigenvalue weighted by molar-refractivity contribution is 0.580. The van der Waals surface area contributed by atoms with Gasteiger partial charge < -0.3 is 5.73 Å². The minimum Gasteiger partial charge on any atom is -0.398 e. The number of anilines is 1. The van der Waals surface area contributed by atoms with Crippen molar-refractivity contribution in [3.8, 4) is 0 Å². The fourth-order valence-electron chi connectivity index (χ4n) is 1.60. The molecular weight excluding hydrogens is 351 g/mol. The van der Waals surface area contributed by atoms with Crippen LogP contribution in [0.2, 0.25) is 0 Å². The van der Waals surface area contributed by atoms with E-state index in [1.807, 2.05) is 0 Å². The van der Waals surface area contributed by atoms with Crippen LogP contribution < -0.4 is 10.5 Å². The van der Waals surface area contributed by atoms with E-state index in [-0.39, 0.29) is 21.6 Å². The summed E-state index contributed by atoms with van der Waals surface area (Å²) in [6, 6.07) is 2.10. The van der Waals surface area contributed by atoms with Crippen molar-refractivity contribution in [3.05, 3.63) is 40.4 Å². The zero-order chi connectivity index (χ0) is 14.9. The van der Waals surface area contributed by atoms with Gasteiger partial charge >= 0.3 is 0 Å². The van der Waals surface area contributed by atoms with Crippen molar-refractivity contribution in [2.75, 3.05) is 5.73 Å². The van der Waals surface area contributed by atoms with Crippen molar-refractivity contribution >= 4 is 31.6 Å². The number of aromatic nitrogens is 2. The van der Waals surface area contributed by atoms with Gasteiger partial charge in [-0.25, -0.2) is 17.5 Å². The molecule has 1 aromatic carbocycles. The van der Waals surface area contributed by atoms with Crippen LogP contribution in [0.4, 0.5) is 10.1 Å². The molecule has 0 atom stereocenters. The van der Waals surface area contributed by atoms with Crippen LogP contribution in [0, 0.1) is 5.82 Å². The summed E-state index contributed by atoms with van der Waals surface area (Å²) in [5.41, 5.74) is 6.11. The van der Waals surface area contributed by atoms with Gasteiger partial charge in [-0.3, -0.25) is 4.68 Å². The van der Waals surface area contributed by atoms with Crippen LogP contribution in [0.25, 0.3) is 0 Å². The van der Waals surface area contributed by atoms with Crippen LogP contribution in [0.15, 0.2) is 33.9 Å². The predicted molar refractivity (Wildman–Crippen MR) is 75.7 cm³/mol. The maximum Gasteiger partial charge on any atom is 0.242 e. The second-order valence-electron chi connectivity index (χ2n) is 4.15. The number of hydrogen-bond donors (Lipinski definition) is 2. The van der Waals surface area contributed by atoms with Crippen molar-refractivity contribution in [3.63, 3.8) is 0 Å². The Bertz CT molecular complexity index is 745. The molecule has 0 unspecified atom stereocenters. The van der Waals surface area contributed by atoms with E-state index in [4.69, 9.17) is 5.73 Å². The SMILES string of the molecule is Cn1cc(CNS(=O)(=O)c2cc(Br)c(F)cc2N)cn1. The van der Waals surface area contributed by atoms with Crippen LogP contribution in [-0.2, 0) is 23.6 Å². The number of nitrogens with zero attached hydrogens (tertiary/aromatic N) is 2. The molecule has 108 valence electrons. The summed E-state index contributed by atoms with van der Waals surface area (Å²) in [6.45, 7) is 0.0740. The number of hydrogen-bond acceptors (Lipinski definition) is 4. The first-order valence-corrected chi connectivity index (χ1v) is 7.79. The fraction of sp³-hybridized carbons (Fsp3) is 0.182. The zero-order valence-electron chi connectivity index (χ0n) is 10.5. The Balaban J connectivity index is 2.24. The molecule has 0 saturated carbocycles. The Hall–Kier alpha value is -1.45. The molecule has 9 heteroatoms. The molecule has 20 heavy (non-hydrogen) atoms. The van der Waals surface area contributed by atoms with E-state index < -0.39 is 15.8 Å². The lowest BCUT2D eigenvalue weighted by Crippen LogP contribution is -2.24. The number of halogens is 2. The topological polar surface area (TPSA) is 90.0 Å². The fourth-order valence-corrected chi connectivity index (χ4v) is 3.25. The number of sulfonamides is 1. The summed E-state index contributed by atoms with van der Waals surface area (Å²) in [6.07, 6.45) is 3.24. The van der Waals surface area contributed by atoms with E-state index in [1.165, 1.54) is 0 Å². The number of rotatable bonds is 4.